The normalized spacial score (nSPS) is 15.4. The van der Waals surface area contributed by atoms with E-state index in [9.17, 15) is 14.9 Å². The van der Waals surface area contributed by atoms with Crippen LogP contribution in [0.1, 0.15) is 19.3 Å². The van der Waals surface area contributed by atoms with E-state index in [0.717, 1.165) is 32.5 Å². The van der Waals surface area contributed by atoms with Crippen LogP contribution in [-0.2, 0) is 4.79 Å². The van der Waals surface area contributed by atoms with E-state index in [4.69, 9.17) is 4.74 Å². The summed E-state index contributed by atoms with van der Waals surface area (Å²) in [5.41, 5.74) is -0.0761. The lowest BCUT2D eigenvalue weighted by molar-refractivity contribution is -0.385. The van der Waals surface area contributed by atoms with Crippen LogP contribution in [-0.4, -0.2) is 49.0 Å². The van der Waals surface area contributed by atoms with Gasteiger partial charge in [-0.1, -0.05) is 12.1 Å². The number of nitrogens with zero attached hydrogens (tertiary/aromatic N) is 2. The molecule has 1 aromatic rings. The SMILES string of the molecule is CNCC1CCN(C(=O)CCOc2ccccc2[N+](=O)[O-])CC1. The molecule has 1 aromatic carbocycles. The molecular formula is C16H23N3O4. The van der Waals surface area contributed by atoms with Gasteiger partial charge < -0.3 is 15.0 Å². The molecule has 126 valence electrons. The summed E-state index contributed by atoms with van der Waals surface area (Å²) in [7, 11) is 1.94. The largest absolute Gasteiger partial charge is 0.486 e. The number of hydrogen-bond donors (Lipinski definition) is 1. The molecule has 1 heterocycles. The van der Waals surface area contributed by atoms with E-state index in [-0.39, 0.29) is 30.4 Å². The van der Waals surface area contributed by atoms with E-state index in [2.05, 4.69) is 5.32 Å². The van der Waals surface area contributed by atoms with Gasteiger partial charge in [0, 0.05) is 19.2 Å². The Hall–Kier alpha value is -2.15. The van der Waals surface area contributed by atoms with Gasteiger partial charge in [-0.2, -0.15) is 0 Å². The average molecular weight is 321 g/mol. The highest BCUT2D eigenvalue weighted by Crippen LogP contribution is 2.26. The molecule has 0 aromatic heterocycles. The lowest BCUT2D eigenvalue weighted by atomic mass is 9.97. The number of piperidine rings is 1. The van der Waals surface area contributed by atoms with Crippen molar-refractivity contribution in [2.45, 2.75) is 19.3 Å². The summed E-state index contributed by atoms with van der Waals surface area (Å²) in [5, 5.41) is 14.1. The third-order valence-electron chi connectivity index (χ3n) is 4.10. The predicted octanol–water partition coefficient (Wildman–Crippen LogP) is 1.82. The minimum atomic E-state index is -0.482. The highest BCUT2D eigenvalue weighted by molar-refractivity contribution is 5.76. The molecule has 23 heavy (non-hydrogen) atoms. The van der Waals surface area contributed by atoms with Crippen LogP contribution in [0.25, 0.3) is 0 Å². The topological polar surface area (TPSA) is 84.7 Å². The molecule has 1 aliphatic heterocycles. The van der Waals surface area contributed by atoms with Crippen molar-refractivity contribution < 1.29 is 14.5 Å². The summed E-state index contributed by atoms with van der Waals surface area (Å²) in [6.45, 7) is 2.69. The van der Waals surface area contributed by atoms with Gasteiger partial charge in [0.15, 0.2) is 5.75 Å². The maximum atomic E-state index is 12.2. The van der Waals surface area contributed by atoms with Gasteiger partial charge in [0.05, 0.1) is 18.0 Å². The van der Waals surface area contributed by atoms with Gasteiger partial charge in [0.2, 0.25) is 5.91 Å². The van der Waals surface area contributed by atoms with Crippen molar-refractivity contribution in [3.63, 3.8) is 0 Å². The fourth-order valence-corrected chi connectivity index (χ4v) is 2.81. The first-order valence-electron chi connectivity index (χ1n) is 7.90. The van der Waals surface area contributed by atoms with Crippen molar-refractivity contribution in [3.05, 3.63) is 34.4 Å². The molecule has 0 atom stereocenters. The number of carbonyl (C=O) groups is 1. The molecule has 1 amide bonds. The molecule has 1 fully saturated rings. The van der Waals surface area contributed by atoms with E-state index >= 15 is 0 Å². The number of benzene rings is 1. The molecule has 0 saturated carbocycles. The molecule has 0 unspecified atom stereocenters. The number of likely N-dealkylation sites (tertiary alicyclic amines) is 1. The van der Waals surface area contributed by atoms with Crippen molar-refractivity contribution in [2.75, 3.05) is 33.3 Å². The first kappa shape index (κ1) is 17.2. The Labute approximate surface area is 135 Å². The predicted molar refractivity (Wildman–Crippen MR) is 86.4 cm³/mol. The number of rotatable bonds is 7. The second kappa shape index (κ2) is 8.47. The van der Waals surface area contributed by atoms with Crippen molar-refractivity contribution >= 4 is 11.6 Å². The number of nitrogens with one attached hydrogen (secondary N) is 1. The summed E-state index contributed by atoms with van der Waals surface area (Å²) < 4.78 is 5.42. The molecule has 7 heteroatoms. The monoisotopic (exact) mass is 321 g/mol. The lowest BCUT2D eigenvalue weighted by Gasteiger charge is -2.32. The van der Waals surface area contributed by atoms with E-state index in [1.807, 2.05) is 11.9 Å². The van der Waals surface area contributed by atoms with E-state index in [1.165, 1.54) is 6.07 Å². The number of carbonyl (C=O) groups excluding carboxylic acids is 1. The quantitative estimate of drug-likeness (QED) is 0.611. The van der Waals surface area contributed by atoms with Crippen molar-refractivity contribution in [2.24, 2.45) is 5.92 Å². The number of amides is 1. The Morgan fingerprint density at radius 3 is 2.74 bits per heavy atom. The standard InChI is InChI=1S/C16H23N3O4/c1-17-12-13-6-9-18(10-7-13)16(20)8-11-23-15-5-3-2-4-14(15)19(21)22/h2-5,13,17H,6-12H2,1H3. The summed E-state index contributed by atoms with van der Waals surface area (Å²) in [6.07, 6.45) is 2.26. The van der Waals surface area contributed by atoms with Crippen molar-refractivity contribution in [3.8, 4) is 5.75 Å². The number of hydrogen-bond acceptors (Lipinski definition) is 5. The van der Waals surface area contributed by atoms with Crippen LogP contribution in [0.5, 0.6) is 5.75 Å². The van der Waals surface area contributed by atoms with Crippen LogP contribution in [0.4, 0.5) is 5.69 Å². The molecule has 2 rings (SSSR count). The van der Waals surface area contributed by atoms with Gasteiger partial charge in [-0.15, -0.1) is 0 Å². The minimum absolute atomic E-state index is 0.0477. The second-order valence-corrected chi connectivity index (χ2v) is 5.71. The number of nitro benzene ring substituents is 1. The Morgan fingerprint density at radius 1 is 1.39 bits per heavy atom. The van der Waals surface area contributed by atoms with Crippen molar-refractivity contribution in [1.29, 1.82) is 0 Å². The Morgan fingerprint density at radius 2 is 2.09 bits per heavy atom. The first-order chi connectivity index (χ1) is 11.1. The molecule has 0 bridgehead atoms. The number of para-hydroxylation sites is 2. The Bertz CT molecular complexity index is 542. The Kier molecular flexibility index (Phi) is 6.34. The van der Waals surface area contributed by atoms with E-state index < -0.39 is 4.92 Å². The van der Waals surface area contributed by atoms with Crippen LogP contribution < -0.4 is 10.1 Å². The fraction of sp³-hybridized carbons (Fsp3) is 0.562. The highest BCUT2D eigenvalue weighted by atomic mass is 16.6. The van der Waals surface area contributed by atoms with Gasteiger partial charge >= 0.3 is 5.69 Å². The van der Waals surface area contributed by atoms with Crippen LogP contribution in [0.15, 0.2) is 24.3 Å². The average Bonchev–Trinajstić information content (AvgIpc) is 2.56. The van der Waals surface area contributed by atoms with Gasteiger partial charge in [0.25, 0.3) is 0 Å². The molecule has 1 saturated heterocycles. The maximum Gasteiger partial charge on any atom is 0.310 e. The molecule has 0 aliphatic carbocycles. The van der Waals surface area contributed by atoms with Gasteiger partial charge in [0.1, 0.15) is 0 Å². The van der Waals surface area contributed by atoms with E-state index in [0.29, 0.717) is 5.92 Å². The molecule has 0 radical (unpaired) electrons. The number of ether oxygens (including phenoxy) is 1. The van der Waals surface area contributed by atoms with Crippen LogP contribution in [0, 0.1) is 16.0 Å². The third-order valence-corrected chi connectivity index (χ3v) is 4.10. The van der Waals surface area contributed by atoms with E-state index in [1.54, 1.807) is 18.2 Å². The van der Waals surface area contributed by atoms with Crippen LogP contribution >= 0.6 is 0 Å². The molecule has 1 N–H and O–H groups in total. The summed E-state index contributed by atoms with van der Waals surface area (Å²) in [5.74, 6) is 0.886. The van der Waals surface area contributed by atoms with Crippen molar-refractivity contribution in [1.82, 2.24) is 10.2 Å². The minimum Gasteiger partial charge on any atom is -0.486 e. The maximum absolute atomic E-state index is 12.2. The third kappa shape index (κ3) is 4.92. The molecule has 7 nitrogen and oxygen atoms in total. The molecular weight excluding hydrogens is 298 g/mol. The summed E-state index contributed by atoms with van der Waals surface area (Å²) in [6, 6.07) is 6.21. The zero-order chi connectivity index (χ0) is 16.7. The number of nitro groups is 1. The van der Waals surface area contributed by atoms with Gasteiger partial charge in [-0.3, -0.25) is 14.9 Å². The molecule has 0 spiro atoms. The van der Waals surface area contributed by atoms with Crippen LogP contribution in [0.2, 0.25) is 0 Å². The summed E-state index contributed by atoms with van der Waals surface area (Å²) in [4.78, 5) is 24.4. The lowest BCUT2D eigenvalue weighted by Crippen LogP contribution is -2.40. The smallest absolute Gasteiger partial charge is 0.310 e. The zero-order valence-corrected chi connectivity index (χ0v) is 13.4. The highest BCUT2D eigenvalue weighted by Gasteiger charge is 2.22. The zero-order valence-electron chi connectivity index (χ0n) is 13.4. The van der Waals surface area contributed by atoms with Gasteiger partial charge in [-0.05, 0) is 38.4 Å². The Balaban J connectivity index is 1.77. The first-order valence-corrected chi connectivity index (χ1v) is 7.90. The van der Waals surface area contributed by atoms with Gasteiger partial charge in [-0.25, -0.2) is 0 Å². The molecule has 1 aliphatic rings. The second-order valence-electron chi connectivity index (χ2n) is 5.71. The fourth-order valence-electron chi connectivity index (χ4n) is 2.81. The summed E-state index contributed by atoms with van der Waals surface area (Å²) >= 11 is 0. The van der Waals surface area contributed by atoms with Crippen LogP contribution in [0.3, 0.4) is 0 Å².